The van der Waals surface area contributed by atoms with Crippen LogP contribution >= 0.6 is 0 Å². The van der Waals surface area contributed by atoms with E-state index in [9.17, 15) is 19.8 Å². The number of allylic oxidation sites excluding steroid dienone is 1. The van der Waals surface area contributed by atoms with Crippen LogP contribution in [0.1, 0.15) is 36.5 Å². The van der Waals surface area contributed by atoms with Gasteiger partial charge in [-0.2, -0.15) is 0 Å². The van der Waals surface area contributed by atoms with Gasteiger partial charge >= 0.3 is 5.97 Å². The van der Waals surface area contributed by atoms with Gasteiger partial charge in [-0.25, -0.2) is 4.79 Å². The number of nitrogens with zero attached hydrogens (tertiary/aromatic N) is 1. The van der Waals surface area contributed by atoms with Crippen molar-refractivity contribution in [3.05, 3.63) is 82.3 Å². The van der Waals surface area contributed by atoms with Crippen LogP contribution in [0.3, 0.4) is 0 Å². The first-order chi connectivity index (χ1) is 15.4. The number of anilines is 1. The molecule has 2 aliphatic rings. The number of carbonyl (C=O) groups is 2. The fourth-order valence-corrected chi connectivity index (χ4v) is 4.31. The minimum absolute atomic E-state index is 0.101. The summed E-state index contributed by atoms with van der Waals surface area (Å²) in [5.41, 5.74) is 4.98. The van der Waals surface area contributed by atoms with E-state index in [4.69, 9.17) is 0 Å². The van der Waals surface area contributed by atoms with Gasteiger partial charge in [-0.1, -0.05) is 43.3 Å². The first-order valence-electron chi connectivity index (χ1n) is 11.0. The second-order valence-corrected chi connectivity index (χ2v) is 8.53. The summed E-state index contributed by atoms with van der Waals surface area (Å²) in [4.78, 5) is 26.4. The highest BCUT2D eigenvalue weighted by molar-refractivity contribution is 5.91. The summed E-state index contributed by atoms with van der Waals surface area (Å²) in [5.74, 6) is -0.661. The number of aryl methyl sites for hydroxylation is 1. The van der Waals surface area contributed by atoms with Gasteiger partial charge in [0.25, 0.3) is 0 Å². The molecule has 0 saturated heterocycles. The first kappa shape index (κ1) is 21.7. The number of fused-ring (bicyclic) bond motifs is 1. The summed E-state index contributed by atoms with van der Waals surface area (Å²) in [5, 5.41) is 22.5. The van der Waals surface area contributed by atoms with E-state index < -0.39 is 5.97 Å². The summed E-state index contributed by atoms with van der Waals surface area (Å²) >= 11 is 0. The molecule has 166 valence electrons. The standard InChI is InChI=1S/C26H28N2O4/c1-17-13-20-14-18(7-9-19(20)15-24(17)29)8-10-25(30)27-23-11-12-28(16-22(23)26(31)32)21-5-3-2-4-6-21/h2-7,9,14-15,17,29H,8,10-13,16H2,1H3,(H,27,30)(H,31,32). The van der Waals surface area contributed by atoms with Crippen molar-refractivity contribution in [2.75, 3.05) is 18.0 Å². The Balaban J connectivity index is 1.39. The molecule has 0 fully saturated rings. The third-order valence-corrected chi connectivity index (χ3v) is 6.20. The highest BCUT2D eigenvalue weighted by atomic mass is 16.4. The van der Waals surface area contributed by atoms with Crippen LogP contribution in [0.25, 0.3) is 6.08 Å². The monoisotopic (exact) mass is 432 g/mol. The number of aliphatic hydroxyl groups excluding tert-OH is 1. The first-order valence-corrected chi connectivity index (χ1v) is 11.0. The van der Waals surface area contributed by atoms with Crippen molar-refractivity contribution in [3.63, 3.8) is 0 Å². The summed E-state index contributed by atoms with van der Waals surface area (Å²) in [6, 6.07) is 15.8. The molecule has 0 saturated carbocycles. The number of amides is 1. The van der Waals surface area contributed by atoms with Crippen LogP contribution in [0.5, 0.6) is 0 Å². The lowest BCUT2D eigenvalue weighted by Crippen LogP contribution is -2.38. The van der Waals surface area contributed by atoms with Crippen molar-refractivity contribution >= 4 is 23.6 Å². The fourth-order valence-electron chi connectivity index (χ4n) is 4.31. The summed E-state index contributed by atoms with van der Waals surface area (Å²) in [6.45, 7) is 2.91. The third-order valence-electron chi connectivity index (χ3n) is 6.20. The minimum Gasteiger partial charge on any atom is -0.512 e. The second-order valence-electron chi connectivity index (χ2n) is 8.53. The molecule has 32 heavy (non-hydrogen) atoms. The number of hydrogen-bond donors (Lipinski definition) is 3. The Hall–Kier alpha value is -3.54. The molecule has 0 radical (unpaired) electrons. The zero-order chi connectivity index (χ0) is 22.7. The summed E-state index contributed by atoms with van der Waals surface area (Å²) in [6.07, 6.45) is 3.93. The van der Waals surface area contributed by atoms with Gasteiger partial charge in [0.15, 0.2) is 0 Å². The lowest BCUT2D eigenvalue weighted by Gasteiger charge is -2.31. The van der Waals surface area contributed by atoms with E-state index in [1.54, 1.807) is 0 Å². The SMILES string of the molecule is CC1Cc2cc(CCC(=O)NC3=C(C(=O)O)CN(c4ccccc4)CC3)ccc2C=C1O. The lowest BCUT2D eigenvalue weighted by molar-refractivity contribution is -0.132. The van der Waals surface area contributed by atoms with Crippen LogP contribution in [-0.4, -0.2) is 35.2 Å². The molecule has 2 aromatic rings. The number of carboxylic acid groups (broad SMARTS) is 1. The van der Waals surface area contributed by atoms with Gasteiger partial charge in [0.1, 0.15) is 0 Å². The Kier molecular flexibility index (Phi) is 6.30. The predicted molar refractivity (Wildman–Crippen MR) is 124 cm³/mol. The number of carbonyl (C=O) groups excluding carboxylic acids is 1. The van der Waals surface area contributed by atoms with Gasteiger partial charge in [-0.15, -0.1) is 0 Å². The van der Waals surface area contributed by atoms with Gasteiger partial charge in [-0.05, 0) is 47.7 Å². The van der Waals surface area contributed by atoms with Gasteiger partial charge in [-0.3, -0.25) is 4.79 Å². The number of rotatable bonds is 6. The maximum absolute atomic E-state index is 12.6. The molecule has 0 spiro atoms. The number of aliphatic carboxylic acids is 1. The van der Waals surface area contributed by atoms with E-state index >= 15 is 0 Å². The highest BCUT2D eigenvalue weighted by Crippen LogP contribution is 2.28. The topological polar surface area (TPSA) is 89.9 Å². The number of carboxylic acids is 1. The van der Waals surface area contributed by atoms with Crippen molar-refractivity contribution in [3.8, 4) is 0 Å². The molecule has 6 heteroatoms. The van der Waals surface area contributed by atoms with Crippen LogP contribution < -0.4 is 10.2 Å². The molecule has 1 aliphatic carbocycles. The van der Waals surface area contributed by atoms with Gasteiger partial charge in [0.05, 0.1) is 17.9 Å². The normalized spacial score (nSPS) is 18.1. The van der Waals surface area contributed by atoms with E-state index in [1.165, 1.54) is 5.56 Å². The van der Waals surface area contributed by atoms with E-state index in [0.717, 1.165) is 23.2 Å². The van der Waals surface area contributed by atoms with E-state index in [-0.39, 0.29) is 30.4 Å². The van der Waals surface area contributed by atoms with Crippen LogP contribution in [0, 0.1) is 5.92 Å². The zero-order valence-electron chi connectivity index (χ0n) is 18.2. The number of nitrogens with one attached hydrogen (secondary N) is 1. The fraction of sp³-hybridized carbons (Fsp3) is 0.308. The molecule has 0 bridgehead atoms. The lowest BCUT2D eigenvalue weighted by atomic mass is 9.87. The maximum Gasteiger partial charge on any atom is 0.335 e. The molecular formula is C26H28N2O4. The molecule has 1 unspecified atom stereocenters. The Morgan fingerprint density at radius 1 is 1.16 bits per heavy atom. The Labute approximate surface area is 187 Å². The molecule has 1 amide bonds. The van der Waals surface area contributed by atoms with Gasteiger partial charge in [0, 0.05) is 36.7 Å². The Morgan fingerprint density at radius 3 is 2.69 bits per heavy atom. The van der Waals surface area contributed by atoms with E-state index in [1.807, 2.05) is 60.4 Å². The molecule has 6 nitrogen and oxygen atoms in total. The number of hydrogen-bond acceptors (Lipinski definition) is 4. The molecule has 1 heterocycles. The smallest absolute Gasteiger partial charge is 0.335 e. The number of benzene rings is 2. The average molecular weight is 433 g/mol. The van der Waals surface area contributed by atoms with Crippen molar-refractivity contribution in [1.82, 2.24) is 5.32 Å². The Morgan fingerprint density at radius 2 is 1.94 bits per heavy atom. The molecule has 3 N–H and O–H groups in total. The van der Waals surface area contributed by atoms with Gasteiger partial charge in [0.2, 0.25) is 5.91 Å². The predicted octanol–water partition coefficient (Wildman–Crippen LogP) is 4.08. The van der Waals surface area contributed by atoms with E-state index in [2.05, 4.69) is 11.4 Å². The van der Waals surface area contributed by atoms with Crippen molar-refractivity contribution in [2.24, 2.45) is 5.92 Å². The third kappa shape index (κ3) is 4.85. The Bertz CT molecular complexity index is 1090. The number of aliphatic hydroxyl groups is 1. The van der Waals surface area contributed by atoms with Crippen molar-refractivity contribution in [2.45, 2.75) is 32.6 Å². The molecule has 2 aromatic carbocycles. The van der Waals surface area contributed by atoms with Crippen LogP contribution in [0.4, 0.5) is 5.69 Å². The molecule has 1 aliphatic heterocycles. The van der Waals surface area contributed by atoms with Crippen molar-refractivity contribution in [1.29, 1.82) is 0 Å². The molecular weight excluding hydrogens is 404 g/mol. The zero-order valence-corrected chi connectivity index (χ0v) is 18.2. The van der Waals surface area contributed by atoms with Crippen LogP contribution in [-0.2, 0) is 22.4 Å². The average Bonchev–Trinajstić information content (AvgIpc) is 2.79. The molecule has 4 rings (SSSR count). The van der Waals surface area contributed by atoms with Gasteiger partial charge < -0.3 is 20.4 Å². The largest absolute Gasteiger partial charge is 0.512 e. The number of para-hydroxylation sites is 1. The van der Waals surface area contributed by atoms with Crippen molar-refractivity contribution < 1.29 is 19.8 Å². The molecule has 0 aromatic heterocycles. The van der Waals surface area contributed by atoms with E-state index in [0.29, 0.717) is 30.8 Å². The highest BCUT2D eigenvalue weighted by Gasteiger charge is 2.25. The summed E-state index contributed by atoms with van der Waals surface area (Å²) in [7, 11) is 0. The minimum atomic E-state index is -0.999. The second kappa shape index (κ2) is 9.30. The maximum atomic E-state index is 12.6. The van der Waals surface area contributed by atoms with Crippen LogP contribution in [0.15, 0.2) is 65.6 Å². The van der Waals surface area contributed by atoms with Crippen LogP contribution in [0.2, 0.25) is 0 Å². The quantitative estimate of drug-likeness (QED) is 0.640. The molecule has 1 atom stereocenters. The summed E-state index contributed by atoms with van der Waals surface area (Å²) < 4.78 is 0.